The van der Waals surface area contributed by atoms with Gasteiger partial charge in [-0.3, -0.25) is 0 Å². The monoisotopic (exact) mass is 302 g/mol. The summed E-state index contributed by atoms with van der Waals surface area (Å²) < 4.78 is 0. The van der Waals surface area contributed by atoms with E-state index in [2.05, 4.69) is 48.5 Å². The number of benzene rings is 4. The highest BCUT2D eigenvalue weighted by molar-refractivity contribution is 5.83. The van der Waals surface area contributed by atoms with E-state index in [9.17, 15) is 0 Å². The summed E-state index contributed by atoms with van der Waals surface area (Å²) in [6.07, 6.45) is 0. The Balaban J connectivity index is 0.000000152. The van der Waals surface area contributed by atoms with Crippen molar-refractivity contribution in [3.05, 3.63) is 91.0 Å². The average molecular weight is 302 g/mol. The van der Waals surface area contributed by atoms with Gasteiger partial charge in [0.15, 0.2) is 0 Å². The molecule has 0 aliphatic rings. The number of fused-ring (bicyclic) bond motifs is 2. The third-order valence-corrected chi connectivity index (χ3v) is 3.39. The van der Waals surface area contributed by atoms with Gasteiger partial charge in [0.25, 0.3) is 0 Å². The lowest BCUT2D eigenvalue weighted by atomic mass is 10.1. The first-order chi connectivity index (χ1) is 11.3. The van der Waals surface area contributed by atoms with Crippen molar-refractivity contribution in [1.82, 2.24) is 0 Å². The zero-order valence-electron chi connectivity index (χ0n) is 13.6. The van der Waals surface area contributed by atoms with Crippen LogP contribution in [0.25, 0.3) is 21.5 Å². The second-order valence-electron chi connectivity index (χ2n) is 4.88. The van der Waals surface area contributed by atoms with Gasteiger partial charge < -0.3 is 5.11 Å². The van der Waals surface area contributed by atoms with Gasteiger partial charge in [0.1, 0.15) is 5.75 Å². The molecule has 0 heterocycles. The smallest absolute Gasteiger partial charge is 0.116 e. The predicted molar refractivity (Wildman–Crippen MR) is 101 cm³/mol. The molecule has 4 aromatic carbocycles. The summed E-state index contributed by atoms with van der Waals surface area (Å²) in [5.74, 6) is 0.323. The summed E-state index contributed by atoms with van der Waals surface area (Å²) in [6, 6.07) is 30.0. The van der Waals surface area contributed by atoms with Gasteiger partial charge in [-0.15, -0.1) is 0 Å². The van der Waals surface area contributed by atoms with E-state index in [1.165, 1.54) is 10.8 Å². The van der Waals surface area contributed by atoms with Crippen molar-refractivity contribution < 1.29 is 5.11 Å². The van der Waals surface area contributed by atoms with Gasteiger partial charge in [0, 0.05) is 0 Å². The minimum Gasteiger partial charge on any atom is -0.508 e. The molecule has 0 aliphatic carbocycles. The Labute approximate surface area is 137 Å². The molecule has 0 fully saturated rings. The van der Waals surface area contributed by atoms with Gasteiger partial charge in [0.2, 0.25) is 0 Å². The van der Waals surface area contributed by atoms with Crippen LogP contribution in [-0.4, -0.2) is 5.11 Å². The van der Waals surface area contributed by atoms with Crippen molar-refractivity contribution in [2.75, 3.05) is 0 Å². The summed E-state index contributed by atoms with van der Waals surface area (Å²) in [7, 11) is 0. The molecule has 0 aliphatic heterocycles. The highest BCUT2D eigenvalue weighted by Gasteiger charge is 1.91. The summed E-state index contributed by atoms with van der Waals surface area (Å²) in [5, 5.41) is 14.0. The zero-order valence-corrected chi connectivity index (χ0v) is 13.6. The molecule has 4 rings (SSSR count). The van der Waals surface area contributed by atoms with Crippen molar-refractivity contribution in [3.8, 4) is 5.75 Å². The van der Waals surface area contributed by atoms with E-state index in [-0.39, 0.29) is 0 Å². The van der Waals surface area contributed by atoms with Crippen LogP contribution >= 0.6 is 0 Å². The Bertz CT molecular complexity index is 800. The average Bonchev–Trinajstić information content (AvgIpc) is 2.64. The van der Waals surface area contributed by atoms with Crippen molar-refractivity contribution in [1.29, 1.82) is 0 Å². The lowest BCUT2D eigenvalue weighted by molar-refractivity contribution is 0.476. The van der Waals surface area contributed by atoms with Gasteiger partial charge in [-0.25, -0.2) is 0 Å². The molecule has 0 unspecified atom stereocenters. The molecule has 0 spiro atoms. The van der Waals surface area contributed by atoms with Crippen LogP contribution in [0.4, 0.5) is 0 Å². The zero-order chi connectivity index (χ0) is 16.5. The van der Waals surface area contributed by atoms with Gasteiger partial charge in [-0.2, -0.15) is 0 Å². The van der Waals surface area contributed by atoms with Crippen LogP contribution < -0.4 is 0 Å². The van der Waals surface area contributed by atoms with E-state index < -0.39 is 0 Å². The molecule has 4 aromatic rings. The quantitative estimate of drug-likeness (QED) is 0.398. The maximum absolute atomic E-state index is 9.13. The van der Waals surface area contributed by atoms with Crippen LogP contribution in [0.15, 0.2) is 91.0 Å². The van der Waals surface area contributed by atoms with Crippen LogP contribution in [-0.2, 0) is 0 Å². The van der Waals surface area contributed by atoms with Crippen molar-refractivity contribution in [2.24, 2.45) is 0 Å². The van der Waals surface area contributed by atoms with Gasteiger partial charge >= 0.3 is 0 Å². The Morgan fingerprint density at radius 3 is 1.26 bits per heavy atom. The predicted octanol–water partition coefficient (Wildman–Crippen LogP) is 6.41. The normalized spacial score (nSPS) is 9.48. The summed E-state index contributed by atoms with van der Waals surface area (Å²) in [5.41, 5.74) is 0. The topological polar surface area (TPSA) is 20.2 Å². The third-order valence-electron chi connectivity index (χ3n) is 3.39. The van der Waals surface area contributed by atoms with Gasteiger partial charge in [-0.05, 0) is 33.7 Å². The number of hydrogen-bond donors (Lipinski definition) is 1. The molecule has 116 valence electrons. The minimum atomic E-state index is 0.323. The van der Waals surface area contributed by atoms with Crippen molar-refractivity contribution >= 4 is 21.5 Å². The second-order valence-corrected chi connectivity index (χ2v) is 4.88. The minimum absolute atomic E-state index is 0.323. The van der Waals surface area contributed by atoms with Gasteiger partial charge in [-0.1, -0.05) is 92.7 Å². The number of phenols is 1. The molecule has 1 N–H and O–H groups in total. The molecular weight excluding hydrogens is 280 g/mol. The fraction of sp³-hybridized carbons (Fsp3) is 0.0909. The van der Waals surface area contributed by atoms with Gasteiger partial charge in [0.05, 0.1) is 0 Å². The third kappa shape index (κ3) is 4.58. The lowest BCUT2D eigenvalue weighted by Crippen LogP contribution is -1.69. The first-order valence-electron chi connectivity index (χ1n) is 7.94. The van der Waals surface area contributed by atoms with E-state index in [0.717, 1.165) is 10.8 Å². The van der Waals surface area contributed by atoms with E-state index in [0.29, 0.717) is 5.75 Å². The molecule has 0 amide bonds. The number of phenolic OH excluding ortho intramolecular Hbond substituents is 1. The summed E-state index contributed by atoms with van der Waals surface area (Å²) in [4.78, 5) is 0. The molecule has 1 nitrogen and oxygen atoms in total. The highest BCUT2D eigenvalue weighted by atomic mass is 16.3. The van der Waals surface area contributed by atoms with Crippen LogP contribution in [0.2, 0.25) is 0 Å². The van der Waals surface area contributed by atoms with Crippen molar-refractivity contribution in [3.63, 3.8) is 0 Å². The first kappa shape index (κ1) is 16.6. The molecule has 0 saturated heterocycles. The Morgan fingerprint density at radius 1 is 0.478 bits per heavy atom. The number of rotatable bonds is 0. The van der Waals surface area contributed by atoms with E-state index in [1.807, 2.05) is 44.2 Å². The standard InChI is InChI=1S/C10H8O.C10H8.C2H6/c11-10-6-5-8-3-1-2-4-9(8)7-10;1-2-6-10-8-4-3-7-9(10)5-1;1-2/h1-7,11H;1-8H;1-2H3. The van der Waals surface area contributed by atoms with Crippen LogP contribution in [0.5, 0.6) is 5.75 Å². The SMILES string of the molecule is CC.Oc1ccc2ccccc2c1.c1ccc2ccccc2c1. The number of hydrogen-bond acceptors (Lipinski definition) is 1. The maximum atomic E-state index is 9.13. The molecular formula is C22H22O. The highest BCUT2D eigenvalue weighted by Crippen LogP contribution is 2.18. The fourth-order valence-electron chi connectivity index (χ4n) is 2.31. The maximum Gasteiger partial charge on any atom is 0.116 e. The molecule has 0 atom stereocenters. The van der Waals surface area contributed by atoms with E-state index >= 15 is 0 Å². The van der Waals surface area contributed by atoms with Crippen molar-refractivity contribution in [2.45, 2.75) is 13.8 Å². The van der Waals surface area contributed by atoms with E-state index in [1.54, 1.807) is 12.1 Å². The van der Waals surface area contributed by atoms with E-state index in [4.69, 9.17) is 5.11 Å². The molecule has 0 radical (unpaired) electrons. The largest absolute Gasteiger partial charge is 0.508 e. The molecule has 0 aromatic heterocycles. The Hall–Kier alpha value is -2.80. The van der Waals surface area contributed by atoms with Crippen LogP contribution in [0.1, 0.15) is 13.8 Å². The molecule has 1 heteroatoms. The second kappa shape index (κ2) is 8.60. The fourth-order valence-corrected chi connectivity index (χ4v) is 2.31. The Morgan fingerprint density at radius 2 is 0.826 bits per heavy atom. The van der Waals surface area contributed by atoms with Crippen LogP contribution in [0, 0.1) is 0 Å². The molecule has 23 heavy (non-hydrogen) atoms. The van der Waals surface area contributed by atoms with Crippen LogP contribution in [0.3, 0.4) is 0 Å². The Kier molecular flexibility index (Phi) is 6.19. The molecule has 0 bridgehead atoms. The number of aromatic hydroxyl groups is 1. The molecule has 0 saturated carbocycles. The summed E-state index contributed by atoms with van der Waals surface area (Å²) in [6.45, 7) is 4.00. The lowest BCUT2D eigenvalue weighted by Gasteiger charge is -1.96. The first-order valence-corrected chi connectivity index (χ1v) is 7.94. The summed E-state index contributed by atoms with van der Waals surface area (Å²) >= 11 is 0.